The van der Waals surface area contributed by atoms with Crippen molar-refractivity contribution in [3.63, 3.8) is 0 Å². The summed E-state index contributed by atoms with van der Waals surface area (Å²) in [6, 6.07) is 18.8. The van der Waals surface area contributed by atoms with Gasteiger partial charge in [-0.3, -0.25) is 9.91 Å². The molecule has 3 aliphatic rings. The molecule has 6 heteroatoms. The second kappa shape index (κ2) is 11.2. The maximum Gasteiger partial charge on any atom is 0.0642 e. The summed E-state index contributed by atoms with van der Waals surface area (Å²) in [5, 5.41) is 7.94. The van der Waals surface area contributed by atoms with Crippen molar-refractivity contribution in [2.75, 3.05) is 52.5 Å². The van der Waals surface area contributed by atoms with Gasteiger partial charge in [-0.2, -0.15) is 5.10 Å². The molecule has 0 amide bonds. The van der Waals surface area contributed by atoms with Gasteiger partial charge < -0.3 is 9.64 Å². The van der Waals surface area contributed by atoms with Gasteiger partial charge in [0.1, 0.15) is 0 Å². The van der Waals surface area contributed by atoms with E-state index in [2.05, 4.69) is 69.6 Å². The average molecular weight is 477 g/mol. The number of morpholine rings is 1. The Hall–Kier alpha value is -2.60. The van der Waals surface area contributed by atoms with Crippen LogP contribution in [0.1, 0.15) is 24.0 Å². The molecule has 2 saturated heterocycles. The number of halogens is 1. The number of benzene rings is 2. The maximum absolute atomic E-state index is 6.02. The van der Waals surface area contributed by atoms with Crippen LogP contribution in [0.2, 0.25) is 5.02 Å². The Balaban J connectivity index is 1.26. The topological polar surface area (TPSA) is 31.3 Å². The highest BCUT2D eigenvalue weighted by atomic mass is 35.5. The summed E-state index contributed by atoms with van der Waals surface area (Å²) in [5.74, 6) is 0. The van der Waals surface area contributed by atoms with E-state index in [-0.39, 0.29) is 0 Å². The summed E-state index contributed by atoms with van der Waals surface area (Å²) in [6.45, 7) is 8.40. The quantitative estimate of drug-likeness (QED) is 0.554. The van der Waals surface area contributed by atoms with Crippen LogP contribution in [-0.4, -0.2) is 73.5 Å². The van der Waals surface area contributed by atoms with Crippen LogP contribution in [0, 0.1) is 0 Å². The van der Waals surface area contributed by atoms with Crippen LogP contribution < -0.4 is 0 Å². The lowest BCUT2D eigenvalue weighted by atomic mass is 10.1. The molecule has 0 radical (unpaired) electrons. The van der Waals surface area contributed by atoms with Crippen molar-refractivity contribution in [3.05, 3.63) is 87.6 Å². The second-order valence-electron chi connectivity index (χ2n) is 9.15. The van der Waals surface area contributed by atoms with Gasteiger partial charge in [0.15, 0.2) is 0 Å². The maximum atomic E-state index is 6.02. The molecule has 2 heterocycles. The zero-order valence-corrected chi connectivity index (χ0v) is 20.5. The molecular formula is C28H33ClN4O. The van der Waals surface area contributed by atoms with Gasteiger partial charge >= 0.3 is 0 Å². The number of allylic oxidation sites excluding steroid dienone is 2. The molecule has 2 aromatic rings. The van der Waals surface area contributed by atoms with E-state index in [1.807, 2.05) is 12.1 Å². The third kappa shape index (κ3) is 5.90. The zero-order chi connectivity index (χ0) is 23.2. The fourth-order valence-corrected chi connectivity index (χ4v) is 5.06. The van der Waals surface area contributed by atoms with E-state index >= 15 is 0 Å². The van der Waals surface area contributed by atoms with E-state index in [9.17, 15) is 0 Å². The van der Waals surface area contributed by atoms with Crippen molar-refractivity contribution in [1.82, 2.24) is 14.8 Å². The molecule has 0 atom stereocenters. The van der Waals surface area contributed by atoms with Crippen LogP contribution >= 0.6 is 11.6 Å². The monoisotopic (exact) mass is 476 g/mol. The lowest BCUT2D eigenvalue weighted by molar-refractivity contribution is 0.0548. The summed E-state index contributed by atoms with van der Waals surface area (Å²) in [5.41, 5.74) is 6.72. The minimum absolute atomic E-state index is 0.794. The first-order valence-corrected chi connectivity index (χ1v) is 12.7. The van der Waals surface area contributed by atoms with E-state index in [4.69, 9.17) is 21.4 Å². The number of hydrogen-bond acceptors (Lipinski definition) is 5. The predicted molar refractivity (Wildman–Crippen MR) is 140 cm³/mol. The highest BCUT2D eigenvalue weighted by molar-refractivity contribution is 6.30. The average Bonchev–Trinajstić information content (AvgIpc) is 3.28. The number of rotatable bonds is 6. The van der Waals surface area contributed by atoms with Crippen molar-refractivity contribution in [1.29, 1.82) is 0 Å². The third-order valence-corrected chi connectivity index (χ3v) is 7.04. The molecule has 2 fully saturated rings. The van der Waals surface area contributed by atoms with Gasteiger partial charge in [0.25, 0.3) is 0 Å². The van der Waals surface area contributed by atoms with Crippen LogP contribution in [0.3, 0.4) is 0 Å². The minimum atomic E-state index is 0.794. The van der Waals surface area contributed by atoms with Gasteiger partial charge in [-0.05, 0) is 53.3 Å². The van der Waals surface area contributed by atoms with Crippen molar-refractivity contribution in [2.45, 2.75) is 19.4 Å². The molecule has 178 valence electrons. The summed E-state index contributed by atoms with van der Waals surface area (Å²) >= 11 is 6.02. The van der Waals surface area contributed by atoms with Gasteiger partial charge in [-0.15, -0.1) is 0 Å². The van der Waals surface area contributed by atoms with Crippen molar-refractivity contribution < 1.29 is 4.74 Å². The Kier molecular flexibility index (Phi) is 7.64. The summed E-state index contributed by atoms with van der Waals surface area (Å²) in [4.78, 5) is 4.99. The first kappa shape index (κ1) is 23.2. The Morgan fingerprint density at radius 1 is 0.853 bits per heavy atom. The fourth-order valence-electron chi connectivity index (χ4n) is 4.93. The minimum Gasteiger partial charge on any atom is -0.378 e. The number of piperazine rings is 1. The molecule has 0 unspecified atom stereocenters. The van der Waals surface area contributed by atoms with Crippen molar-refractivity contribution in [2.24, 2.45) is 5.10 Å². The summed E-state index contributed by atoms with van der Waals surface area (Å²) in [7, 11) is 0. The molecule has 0 saturated carbocycles. The molecule has 5 nitrogen and oxygen atoms in total. The molecule has 5 rings (SSSR count). The van der Waals surface area contributed by atoms with Gasteiger partial charge in [-0.1, -0.05) is 54.1 Å². The molecule has 1 aliphatic carbocycles. The van der Waals surface area contributed by atoms with E-state index in [0.717, 1.165) is 76.9 Å². The standard InChI is InChI=1S/C28H33ClN4O/c29-27-10-6-24(7-11-27)22-31-12-14-33(15-13-31)30-21-26-9-8-25(20-23-4-2-1-3-5-23)28(26)32-16-18-34-19-17-32/h1-7,10-11,20-21H,8-9,12-19,22H2/b25-20+,30-21+. The van der Waals surface area contributed by atoms with Crippen LogP contribution in [0.25, 0.3) is 6.08 Å². The fraction of sp³-hybridized carbons (Fsp3) is 0.393. The second-order valence-corrected chi connectivity index (χ2v) is 9.59. The molecule has 2 aromatic carbocycles. The normalized spacial score (nSPS) is 21.3. The lowest BCUT2D eigenvalue weighted by Crippen LogP contribution is -2.43. The summed E-state index contributed by atoms with van der Waals surface area (Å²) < 4.78 is 5.62. The van der Waals surface area contributed by atoms with Gasteiger partial charge in [0.2, 0.25) is 0 Å². The molecule has 34 heavy (non-hydrogen) atoms. The Morgan fingerprint density at radius 3 is 2.32 bits per heavy atom. The first-order valence-electron chi connectivity index (χ1n) is 12.3. The number of nitrogens with zero attached hydrogens (tertiary/aromatic N) is 4. The van der Waals surface area contributed by atoms with Crippen LogP contribution in [0.4, 0.5) is 0 Å². The highest BCUT2D eigenvalue weighted by Crippen LogP contribution is 2.35. The Labute approximate surface area is 207 Å². The largest absolute Gasteiger partial charge is 0.378 e. The van der Waals surface area contributed by atoms with Crippen LogP contribution in [0.15, 0.2) is 76.5 Å². The molecular weight excluding hydrogens is 444 g/mol. The highest BCUT2D eigenvalue weighted by Gasteiger charge is 2.26. The van der Waals surface area contributed by atoms with Gasteiger partial charge in [0.05, 0.1) is 19.4 Å². The predicted octanol–water partition coefficient (Wildman–Crippen LogP) is 4.91. The van der Waals surface area contributed by atoms with Crippen LogP contribution in [0.5, 0.6) is 0 Å². The van der Waals surface area contributed by atoms with E-state index in [0.29, 0.717) is 0 Å². The summed E-state index contributed by atoms with van der Waals surface area (Å²) in [6.07, 6.45) is 6.59. The zero-order valence-electron chi connectivity index (χ0n) is 19.7. The van der Waals surface area contributed by atoms with E-state index < -0.39 is 0 Å². The van der Waals surface area contributed by atoms with Gasteiger partial charge in [0, 0.05) is 56.5 Å². The molecule has 0 N–H and O–H groups in total. The Bertz CT molecular complexity index is 1030. The van der Waals surface area contributed by atoms with Gasteiger partial charge in [-0.25, -0.2) is 0 Å². The molecule has 0 spiro atoms. The van der Waals surface area contributed by atoms with E-state index in [1.54, 1.807) is 0 Å². The molecule has 2 aliphatic heterocycles. The van der Waals surface area contributed by atoms with E-state index in [1.165, 1.54) is 28.0 Å². The SMILES string of the molecule is Clc1ccc(CN2CCN(/N=C/C3=C(N4CCOCC4)C(=C/c4ccccc4)/CC3)CC2)cc1. The number of hydrogen-bond donors (Lipinski definition) is 0. The lowest BCUT2D eigenvalue weighted by Gasteiger charge is -2.33. The van der Waals surface area contributed by atoms with Crippen molar-refractivity contribution in [3.8, 4) is 0 Å². The first-order chi connectivity index (χ1) is 16.7. The Morgan fingerprint density at radius 2 is 1.59 bits per heavy atom. The van der Waals surface area contributed by atoms with Crippen LogP contribution in [-0.2, 0) is 11.3 Å². The number of ether oxygens (including phenoxy) is 1. The molecule has 0 aromatic heterocycles. The third-order valence-electron chi connectivity index (χ3n) is 6.78. The smallest absolute Gasteiger partial charge is 0.0642 e. The number of hydrazone groups is 1. The van der Waals surface area contributed by atoms with Crippen molar-refractivity contribution >= 4 is 23.9 Å². The molecule has 0 bridgehead atoms.